The molecule has 2 rings (SSSR count). The zero-order valence-corrected chi connectivity index (χ0v) is 12.6. The third-order valence-corrected chi connectivity index (χ3v) is 3.87. The number of benzene rings is 1. The average Bonchev–Trinajstić information content (AvgIpc) is 2.95. The molecule has 124 valence electrons. The van der Waals surface area contributed by atoms with Gasteiger partial charge in [0.25, 0.3) is 0 Å². The van der Waals surface area contributed by atoms with Crippen molar-refractivity contribution in [3.63, 3.8) is 0 Å². The monoisotopic (exact) mass is 326 g/mol. The summed E-state index contributed by atoms with van der Waals surface area (Å²) in [5.74, 6) is -0.598. The Bertz CT molecular complexity index is 623. The Hall–Kier alpha value is -2.23. The number of carbonyl (C=O) groups is 1. The molecule has 1 fully saturated rings. The highest BCUT2D eigenvalue weighted by atomic mass is 19.4. The van der Waals surface area contributed by atoms with Crippen molar-refractivity contribution in [1.29, 1.82) is 5.26 Å². The Kier molecular flexibility index (Phi) is 5.14. The Labute approximate surface area is 132 Å². The molecular formula is C16H17F3N2O2. The number of nitrogens with one attached hydrogen (secondary N) is 1. The SMILES string of the molecule is CCOC(=O)C1CCC(Nc2cc(C#N)ccc2C(F)(F)F)C1. The molecule has 2 unspecified atom stereocenters. The molecular weight excluding hydrogens is 309 g/mol. The van der Waals surface area contributed by atoms with Gasteiger partial charge in [0.05, 0.1) is 29.7 Å². The summed E-state index contributed by atoms with van der Waals surface area (Å²) in [6.45, 7) is 2.00. The van der Waals surface area contributed by atoms with Gasteiger partial charge in [-0.15, -0.1) is 0 Å². The van der Waals surface area contributed by atoms with Crippen LogP contribution in [0.5, 0.6) is 0 Å². The van der Waals surface area contributed by atoms with Crippen molar-refractivity contribution < 1.29 is 22.7 Å². The molecule has 7 heteroatoms. The molecule has 1 aliphatic rings. The number of hydrogen-bond acceptors (Lipinski definition) is 4. The van der Waals surface area contributed by atoms with Gasteiger partial charge in [0.15, 0.2) is 0 Å². The average molecular weight is 326 g/mol. The lowest BCUT2D eigenvalue weighted by atomic mass is 10.1. The summed E-state index contributed by atoms with van der Waals surface area (Å²) >= 11 is 0. The van der Waals surface area contributed by atoms with Crippen LogP contribution in [0.2, 0.25) is 0 Å². The molecule has 0 amide bonds. The smallest absolute Gasteiger partial charge is 0.418 e. The second-order valence-electron chi connectivity index (χ2n) is 5.47. The number of anilines is 1. The van der Waals surface area contributed by atoms with Crippen molar-refractivity contribution in [2.45, 2.75) is 38.4 Å². The van der Waals surface area contributed by atoms with Gasteiger partial charge in [-0.3, -0.25) is 4.79 Å². The summed E-state index contributed by atoms with van der Waals surface area (Å²) in [5, 5.41) is 11.7. The van der Waals surface area contributed by atoms with Gasteiger partial charge in [0.1, 0.15) is 0 Å². The van der Waals surface area contributed by atoms with Gasteiger partial charge in [-0.1, -0.05) is 0 Å². The summed E-state index contributed by atoms with van der Waals surface area (Å²) in [6, 6.07) is 4.82. The molecule has 1 aromatic carbocycles. The number of carbonyl (C=O) groups excluding carboxylic acids is 1. The van der Waals surface area contributed by atoms with E-state index in [0.29, 0.717) is 19.3 Å². The van der Waals surface area contributed by atoms with E-state index in [9.17, 15) is 18.0 Å². The zero-order chi connectivity index (χ0) is 17.0. The highest BCUT2D eigenvalue weighted by molar-refractivity contribution is 5.73. The maximum Gasteiger partial charge on any atom is 0.418 e. The number of alkyl halides is 3. The van der Waals surface area contributed by atoms with Gasteiger partial charge in [0.2, 0.25) is 0 Å². The molecule has 0 saturated heterocycles. The molecule has 0 heterocycles. The van der Waals surface area contributed by atoms with Crippen LogP contribution in [-0.2, 0) is 15.7 Å². The second-order valence-corrected chi connectivity index (χ2v) is 5.47. The minimum atomic E-state index is -4.50. The normalized spacial score (nSPS) is 20.8. The number of halogens is 3. The zero-order valence-electron chi connectivity index (χ0n) is 12.6. The minimum absolute atomic E-state index is 0.119. The second kappa shape index (κ2) is 6.90. The van der Waals surface area contributed by atoms with E-state index < -0.39 is 11.7 Å². The molecule has 0 aliphatic heterocycles. The molecule has 1 aromatic rings. The first-order chi connectivity index (χ1) is 10.8. The van der Waals surface area contributed by atoms with Crippen LogP contribution in [0, 0.1) is 17.2 Å². The molecule has 4 nitrogen and oxygen atoms in total. The number of esters is 1. The number of rotatable bonds is 4. The van der Waals surface area contributed by atoms with Crippen molar-refractivity contribution in [3.05, 3.63) is 29.3 Å². The van der Waals surface area contributed by atoms with Crippen LogP contribution >= 0.6 is 0 Å². The van der Waals surface area contributed by atoms with Crippen molar-refractivity contribution in [1.82, 2.24) is 0 Å². The van der Waals surface area contributed by atoms with Crippen molar-refractivity contribution in [2.24, 2.45) is 5.92 Å². The van der Waals surface area contributed by atoms with Crippen LogP contribution < -0.4 is 5.32 Å². The summed E-state index contributed by atoms with van der Waals surface area (Å²) in [7, 11) is 0. The quantitative estimate of drug-likeness (QED) is 0.857. The Balaban J connectivity index is 2.14. The highest BCUT2D eigenvalue weighted by Crippen LogP contribution is 2.37. The number of nitrogens with zero attached hydrogens (tertiary/aromatic N) is 1. The van der Waals surface area contributed by atoms with Crippen LogP contribution in [-0.4, -0.2) is 18.6 Å². The molecule has 2 atom stereocenters. The first kappa shape index (κ1) is 17.1. The first-order valence-electron chi connectivity index (χ1n) is 7.39. The van der Waals surface area contributed by atoms with Crippen LogP contribution in [0.4, 0.5) is 18.9 Å². The fraction of sp³-hybridized carbons (Fsp3) is 0.500. The van der Waals surface area contributed by atoms with E-state index >= 15 is 0 Å². The maximum atomic E-state index is 13.1. The van der Waals surface area contributed by atoms with E-state index in [1.165, 1.54) is 6.07 Å². The fourth-order valence-corrected chi connectivity index (χ4v) is 2.79. The van der Waals surface area contributed by atoms with E-state index in [2.05, 4.69) is 5.32 Å². The van der Waals surface area contributed by atoms with Crippen molar-refractivity contribution in [3.8, 4) is 6.07 Å². The van der Waals surface area contributed by atoms with E-state index in [1.807, 2.05) is 6.07 Å². The number of ether oxygens (including phenoxy) is 1. The Morgan fingerprint density at radius 1 is 1.43 bits per heavy atom. The van der Waals surface area contributed by atoms with Gasteiger partial charge in [-0.05, 0) is 44.4 Å². The molecule has 1 saturated carbocycles. The van der Waals surface area contributed by atoms with E-state index in [1.54, 1.807) is 6.92 Å². The van der Waals surface area contributed by atoms with Crippen LogP contribution in [0.25, 0.3) is 0 Å². The van der Waals surface area contributed by atoms with Gasteiger partial charge < -0.3 is 10.1 Å². The van der Waals surface area contributed by atoms with E-state index in [-0.39, 0.29) is 35.8 Å². The molecule has 0 radical (unpaired) electrons. The van der Waals surface area contributed by atoms with Crippen molar-refractivity contribution in [2.75, 3.05) is 11.9 Å². The lowest BCUT2D eigenvalue weighted by Gasteiger charge is -2.19. The van der Waals surface area contributed by atoms with Gasteiger partial charge in [0, 0.05) is 11.7 Å². The largest absolute Gasteiger partial charge is 0.466 e. The summed E-state index contributed by atoms with van der Waals surface area (Å²) in [6.07, 6.45) is -2.92. The summed E-state index contributed by atoms with van der Waals surface area (Å²) in [4.78, 5) is 11.7. The molecule has 1 aliphatic carbocycles. The van der Waals surface area contributed by atoms with Gasteiger partial charge in [-0.25, -0.2) is 0 Å². The molecule has 0 spiro atoms. The minimum Gasteiger partial charge on any atom is -0.466 e. The van der Waals surface area contributed by atoms with Crippen LogP contribution in [0.15, 0.2) is 18.2 Å². The standard InChI is InChI=1S/C16H17F3N2O2/c1-2-23-15(22)11-4-5-12(8-11)21-14-7-10(9-20)3-6-13(14)16(17,18)19/h3,6-7,11-12,21H,2,4-5,8H2,1H3. The molecule has 23 heavy (non-hydrogen) atoms. The van der Waals surface area contributed by atoms with Crippen LogP contribution in [0.3, 0.4) is 0 Å². The topological polar surface area (TPSA) is 62.1 Å². The highest BCUT2D eigenvalue weighted by Gasteiger charge is 2.36. The van der Waals surface area contributed by atoms with E-state index in [0.717, 1.165) is 12.1 Å². The molecule has 0 aromatic heterocycles. The Morgan fingerprint density at radius 3 is 2.78 bits per heavy atom. The van der Waals surface area contributed by atoms with E-state index in [4.69, 9.17) is 10.00 Å². The predicted molar refractivity (Wildman–Crippen MR) is 77.5 cm³/mol. The maximum absolute atomic E-state index is 13.1. The van der Waals surface area contributed by atoms with Crippen molar-refractivity contribution >= 4 is 11.7 Å². The number of hydrogen-bond donors (Lipinski definition) is 1. The summed E-state index contributed by atoms with van der Waals surface area (Å²) in [5.41, 5.74) is -0.775. The summed E-state index contributed by atoms with van der Waals surface area (Å²) < 4.78 is 44.1. The molecule has 0 bridgehead atoms. The van der Waals surface area contributed by atoms with Gasteiger partial charge >= 0.3 is 12.1 Å². The molecule has 1 N–H and O–H groups in total. The predicted octanol–water partition coefficient (Wildman–Crippen LogP) is 3.72. The van der Waals surface area contributed by atoms with Gasteiger partial charge in [-0.2, -0.15) is 18.4 Å². The van der Waals surface area contributed by atoms with Crippen LogP contribution in [0.1, 0.15) is 37.3 Å². The third-order valence-electron chi connectivity index (χ3n) is 3.87. The first-order valence-corrected chi connectivity index (χ1v) is 7.39. The lowest BCUT2D eigenvalue weighted by Crippen LogP contribution is -2.21. The Morgan fingerprint density at radius 2 is 2.17 bits per heavy atom. The lowest BCUT2D eigenvalue weighted by molar-refractivity contribution is -0.147. The fourth-order valence-electron chi connectivity index (χ4n) is 2.79. The number of nitriles is 1. The third kappa shape index (κ3) is 4.15.